The zero-order valence-corrected chi connectivity index (χ0v) is 22.6. The molecule has 0 spiro atoms. The molecule has 0 bridgehead atoms. The molecule has 34 heavy (non-hydrogen) atoms. The van der Waals surface area contributed by atoms with E-state index in [1.54, 1.807) is 6.07 Å². The highest BCUT2D eigenvalue weighted by atomic mass is 35.5. The standard InChI is InChI=1S/C21H32Cl2N4O5S2/c1-33(29,30)27(34(2,31)32)21(28)24-17-8-6-16(7-9-17)10-11-25-12-14-26(15-13-25)19-5-3-4-18(22)20(19)23/h3-5,16-17H,6-15H2,1-2H3,(H,24,28). The Balaban J connectivity index is 1.41. The minimum Gasteiger partial charge on any atom is -0.368 e. The summed E-state index contributed by atoms with van der Waals surface area (Å²) in [7, 11) is -8.44. The first kappa shape index (κ1) is 27.3. The van der Waals surface area contributed by atoms with Crippen LogP contribution < -0.4 is 10.2 Å². The van der Waals surface area contributed by atoms with Crippen molar-refractivity contribution >= 4 is 55.0 Å². The average Bonchev–Trinajstić information content (AvgIpc) is 2.73. The van der Waals surface area contributed by atoms with Gasteiger partial charge in [-0.3, -0.25) is 4.90 Å². The van der Waals surface area contributed by atoms with Gasteiger partial charge in [-0.25, -0.2) is 21.6 Å². The first-order valence-corrected chi connectivity index (χ1v) is 15.7. The number of piperazine rings is 1. The molecular formula is C21H32Cl2N4O5S2. The smallest absolute Gasteiger partial charge is 0.345 e. The van der Waals surface area contributed by atoms with Crippen LogP contribution in [0, 0.1) is 5.92 Å². The van der Waals surface area contributed by atoms with E-state index in [2.05, 4.69) is 15.1 Å². The van der Waals surface area contributed by atoms with Crippen molar-refractivity contribution in [3.63, 3.8) is 0 Å². The number of nitrogens with zero attached hydrogens (tertiary/aromatic N) is 3. The molecule has 1 aromatic carbocycles. The van der Waals surface area contributed by atoms with E-state index in [-0.39, 0.29) is 9.75 Å². The molecule has 2 aliphatic rings. The van der Waals surface area contributed by atoms with Crippen LogP contribution in [0.4, 0.5) is 10.5 Å². The fraction of sp³-hybridized carbons (Fsp3) is 0.667. The van der Waals surface area contributed by atoms with Crippen LogP contribution >= 0.6 is 23.2 Å². The highest BCUT2D eigenvalue weighted by Gasteiger charge is 2.34. The lowest BCUT2D eigenvalue weighted by molar-refractivity contribution is 0.203. The molecule has 1 saturated heterocycles. The SMILES string of the molecule is CS(=O)(=O)N(C(=O)NC1CCC(CCN2CCN(c3cccc(Cl)c3Cl)CC2)CC1)S(C)(=O)=O. The van der Waals surface area contributed by atoms with Crippen LogP contribution in [0.5, 0.6) is 0 Å². The van der Waals surface area contributed by atoms with Crippen molar-refractivity contribution in [3.05, 3.63) is 28.2 Å². The van der Waals surface area contributed by atoms with Crippen molar-refractivity contribution in [1.29, 1.82) is 0 Å². The van der Waals surface area contributed by atoms with E-state index in [0.29, 0.717) is 41.3 Å². The third-order valence-electron chi connectivity index (χ3n) is 6.44. The lowest BCUT2D eigenvalue weighted by atomic mass is 9.84. The highest BCUT2D eigenvalue weighted by molar-refractivity contribution is 8.04. The summed E-state index contributed by atoms with van der Waals surface area (Å²) in [6.07, 6.45) is 5.65. The second kappa shape index (κ2) is 11.2. The van der Waals surface area contributed by atoms with Crippen molar-refractivity contribution in [2.45, 2.75) is 38.1 Å². The van der Waals surface area contributed by atoms with Crippen LogP contribution in [0.1, 0.15) is 32.1 Å². The van der Waals surface area contributed by atoms with E-state index >= 15 is 0 Å². The van der Waals surface area contributed by atoms with E-state index in [1.165, 1.54) is 0 Å². The molecule has 0 unspecified atom stereocenters. The maximum atomic E-state index is 12.3. The summed E-state index contributed by atoms with van der Waals surface area (Å²) in [4.78, 5) is 17.0. The van der Waals surface area contributed by atoms with Gasteiger partial charge < -0.3 is 10.2 Å². The fourth-order valence-corrected chi connectivity index (χ4v) is 7.77. The van der Waals surface area contributed by atoms with Gasteiger partial charge in [0, 0.05) is 32.2 Å². The number of sulfonamides is 2. The Kier molecular flexibility index (Phi) is 9.00. The number of anilines is 1. The maximum absolute atomic E-state index is 12.3. The Morgan fingerprint density at radius 1 is 1.00 bits per heavy atom. The monoisotopic (exact) mass is 554 g/mol. The number of rotatable bonds is 7. The minimum absolute atomic E-state index is 0.0672. The fourth-order valence-electron chi connectivity index (χ4n) is 4.68. The van der Waals surface area contributed by atoms with Gasteiger partial charge in [-0.1, -0.05) is 29.3 Å². The summed E-state index contributed by atoms with van der Waals surface area (Å²) in [6.45, 7) is 4.66. The van der Waals surface area contributed by atoms with Gasteiger partial charge >= 0.3 is 6.03 Å². The largest absolute Gasteiger partial charge is 0.368 e. The van der Waals surface area contributed by atoms with Gasteiger partial charge in [0.05, 0.1) is 28.2 Å². The van der Waals surface area contributed by atoms with E-state index in [4.69, 9.17) is 23.2 Å². The van der Waals surface area contributed by atoms with Crippen molar-refractivity contribution < 1.29 is 21.6 Å². The third kappa shape index (κ3) is 7.13. The van der Waals surface area contributed by atoms with Gasteiger partial charge in [-0.2, -0.15) is 0 Å². The molecule has 2 amide bonds. The molecule has 13 heteroatoms. The predicted molar refractivity (Wildman–Crippen MR) is 136 cm³/mol. The topological polar surface area (TPSA) is 107 Å². The molecule has 1 saturated carbocycles. The van der Waals surface area contributed by atoms with Crippen LogP contribution in [-0.2, 0) is 20.0 Å². The lowest BCUT2D eigenvalue weighted by Crippen LogP contribution is -2.50. The summed E-state index contributed by atoms with van der Waals surface area (Å²) in [5.41, 5.74) is 0.972. The van der Waals surface area contributed by atoms with Gasteiger partial charge in [-0.05, 0) is 56.7 Å². The number of halogens is 2. The van der Waals surface area contributed by atoms with Crippen LogP contribution in [0.2, 0.25) is 10.0 Å². The van der Waals surface area contributed by atoms with Crippen LogP contribution in [0.15, 0.2) is 18.2 Å². The Hall–Kier alpha value is -1.27. The number of nitrogens with one attached hydrogen (secondary N) is 1. The van der Waals surface area contributed by atoms with E-state index in [0.717, 1.165) is 57.7 Å². The van der Waals surface area contributed by atoms with Crippen molar-refractivity contribution in [2.24, 2.45) is 5.92 Å². The zero-order valence-electron chi connectivity index (χ0n) is 19.4. The van der Waals surface area contributed by atoms with E-state index < -0.39 is 26.1 Å². The van der Waals surface area contributed by atoms with Gasteiger partial charge in [0.2, 0.25) is 20.0 Å². The molecule has 0 atom stereocenters. The first-order valence-electron chi connectivity index (χ1n) is 11.3. The third-order valence-corrected chi connectivity index (χ3v) is 10.4. The number of hydrogen-bond acceptors (Lipinski definition) is 7. The molecule has 1 N–H and O–H groups in total. The maximum Gasteiger partial charge on any atom is 0.345 e. The molecule has 2 fully saturated rings. The quantitative estimate of drug-likeness (QED) is 0.551. The first-order chi connectivity index (χ1) is 15.9. The normalized spacial score (nSPS) is 22.4. The molecule has 0 aromatic heterocycles. The van der Waals surface area contributed by atoms with E-state index in [9.17, 15) is 21.6 Å². The van der Waals surface area contributed by atoms with Gasteiger partial charge in [-0.15, -0.1) is 3.71 Å². The molecule has 1 aliphatic carbocycles. The Morgan fingerprint density at radius 3 is 2.15 bits per heavy atom. The number of hydrogen-bond donors (Lipinski definition) is 1. The Labute approximate surface area is 212 Å². The molecule has 0 radical (unpaired) electrons. The highest BCUT2D eigenvalue weighted by Crippen LogP contribution is 2.33. The number of carbonyl (C=O) groups is 1. The number of amides is 2. The van der Waals surface area contributed by atoms with Gasteiger partial charge in [0.15, 0.2) is 0 Å². The molecule has 9 nitrogen and oxygen atoms in total. The lowest BCUT2D eigenvalue weighted by Gasteiger charge is -2.37. The van der Waals surface area contributed by atoms with Crippen molar-refractivity contribution in [1.82, 2.24) is 13.9 Å². The van der Waals surface area contributed by atoms with Crippen LogP contribution in [0.25, 0.3) is 0 Å². The molecule has 1 aliphatic heterocycles. The number of urea groups is 1. The van der Waals surface area contributed by atoms with E-state index in [1.807, 2.05) is 12.1 Å². The predicted octanol–water partition coefficient (Wildman–Crippen LogP) is 3.00. The average molecular weight is 556 g/mol. The summed E-state index contributed by atoms with van der Waals surface area (Å²) < 4.78 is 46.9. The number of carbonyl (C=O) groups excluding carboxylic acids is 1. The van der Waals surface area contributed by atoms with Crippen molar-refractivity contribution in [2.75, 3.05) is 50.1 Å². The zero-order chi connectivity index (χ0) is 25.1. The van der Waals surface area contributed by atoms with Crippen molar-refractivity contribution in [3.8, 4) is 0 Å². The molecule has 1 heterocycles. The molecule has 192 valence electrons. The second-order valence-corrected chi connectivity index (χ2v) is 13.8. The second-order valence-electron chi connectivity index (χ2n) is 9.08. The summed E-state index contributed by atoms with van der Waals surface area (Å²) >= 11 is 12.5. The van der Waals surface area contributed by atoms with Crippen LogP contribution in [0.3, 0.4) is 0 Å². The summed E-state index contributed by atoms with van der Waals surface area (Å²) in [6, 6.07) is 4.35. The van der Waals surface area contributed by atoms with Gasteiger partial charge in [0.1, 0.15) is 0 Å². The number of benzene rings is 1. The molecular weight excluding hydrogens is 523 g/mol. The summed E-state index contributed by atoms with van der Waals surface area (Å²) in [5, 5.41) is 3.74. The summed E-state index contributed by atoms with van der Waals surface area (Å²) in [5.74, 6) is 0.523. The Bertz CT molecular complexity index is 1050. The molecule has 3 rings (SSSR count). The Morgan fingerprint density at radius 2 is 1.59 bits per heavy atom. The molecule has 1 aromatic rings. The van der Waals surface area contributed by atoms with Crippen LogP contribution in [-0.4, -0.2) is 82.8 Å². The van der Waals surface area contributed by atoms with Gasteiger partial charge in [0.25, 0.3) is 0 Å². The minimum atomic E-state index is -4.22.